The van der Waals surface area contributed by atoms with Gasteiger partial charge in [-0.2, -0.15) is 0 Å². The quantitative estimate of drug-likeness (QED) is 0.893. The van der Waals surface area contributed by atoms with E-state index in [0.29, 0.717) is 17.8 Å². The Hall–Kier alpha value is -2.67. The van der Waals surface area contributed by atoms with Crippen LogP contribution >= 0.6 is 0 Å². The summed E-state index contributed by atoms with van der Waals surface area (Å²) in [6.07, 6.45) is -0.591. The van der Waals surface area contributed by atoms with Gasteiger partial charge in [0.2, 0.25) is 11.8 Å². The summed E-state index contributed by atoms with van der Waals surface area (Å²) in [7, 11) is 0. The van der Waals surface area contributed by atoms with Gasteiger partial charge in [0.05, 0.1) is 0 Å². The molecular formula is C17H21N3O4. The van der Waals surface area contributed by atoms with Gasteiger partial charge in [0.15, 0.2) is 0 Å². The summed E-state index contributed by atoms with van der Waals surface area (Å²) in [6, 6.07) is 10.9. The first kappa shape index (κ1) is 16.2. The van der Waals surface area contributed by atoms with Crippen LogP contribution < -0.4 is 4.84 Å². The zero-order valence-corrected chi connectivity index (χ0v) is 13.6. The van der Waals surface area contributed by atoms with Gasteiger partial charge < -0.3 is 20.0 Å². The van der Waals surface area contributed by atoms with Crippen LogP contribution in [0.4, 0.5) is 4.79 Å². The van der Waals surface area contributed by atoms with Crippen LogP contribution in [0.1, 0.15) is 11.1 Å². The molecule has 0 unspecified atom stereocenters. The molecule has 1 fully saturated rings. The van der Waals surface area contributed by atoms with Crippen molar-refractivity contribution >= 4 is 6.09 Å². The standard InChI is InChI=1S/C17H21N3O4/c1-13-2-4-14(5-3-13)12-18-8-10-19(11-9-18)17(23)24-20-15(21)6-7-16(20)22/h2-7,21-22H,8-12H2,1H3. The number of rotatable bonds is 3. The number of carbonyl (C=O) groups excluding carboxylic acids is 1. The van der Waals surface area contributed by atoms with E-state index in [2.05, 4.69) is 36.1 Å². The van der Waals surface area contributed by atoms with Crippen LogP contribution in [0.3, 0.4) is 0 Å². The van der Waals surface area contributed by atoms with Gasteiger partial charge >= 0.3 is 6.09 Å². The van der Waals surface area contributed by atoms with Gasteiger partial charge in [-0.3, -0.25) is 4.90 Å². The molecule has 1 aromatic heterocycles. The van der Waals surface area contributed by atoms with Crippen molar-refractivity contribution in [2.45, 2.75) is 13.5 Å². The van der Waals surface area contributed by atoms with Crippen LogP contribution in [-0.2, 0) is 6.54 Å². The molecule has 7 nitrogen and oxygen atoms in total. The highest BCUT2D eigenvalue weighted by molar-refractivity contribution is 5.68. The molecule has 0 bridgehead atoms. The Morgan fingerprint density at radius 1 is 1.00 bits per heavy atom. The van der Waals surface area contributed by atoms with Crippen LogP contribution in [0, 0.1) is 6.92 Å². The first-order chi connectivity index (χ1) is 11.5. The normalized spacial score (nSPS) is 15.5. The lowest BCUT2D eigenvalue weighted by molar-refractivity contribution is 0.0555. The number of hydrogen-bond donors (Lipinski definition) is 2. The lowest BCUT2D eigenvalue weighted by Crippen LogP contribution is -2.50. The van der Waals surface area contributed by atoms with Gasteiger partial charge in [-0.25, -0.2) is 4.79 Å². The molecule has 1 amide bonds. The molecule has 0 saturated carbocycles. The SMILES string of the molecule is Cc1ccc(CN2CCN(C(=O)On3c(O)ccc3O)CC2)cc1. The molecule has 1 saturated heterocycles. The van der Waals surface area contributed by atoms with E-state index in [1.54, 1.807) is 4.90 Å². The summed E-state index contributed by atoms with van der Waals surface area (Å²) in [5.74, 6) is -0.641. The second-order valence-corrected chi connectivity index (χ2v) is 5.95. The van der Waals surface area contributed by atoms with Gasteiger partial charge in [0.1, 0.15) is 0 Å². The molecule has 2 heterocycles. The number of amides is 1. The Labute approximate surface area is 140 Å². The number of aryl methyl sites for hydroxylation is 1. The van der Waals surface area contributed by atoms with Gasteiger partial charge in [-0.1, -0.05) is 29.8 Å². The van der Waals surface area contributed by atoms with Crippen molar-refractivity contribution in [3.05, 3.63) is 47.5 Å². The molecule has 0 aliphatic carbocycles. The summed E-state index contributed by atoms with van der Waals surface area (Å²) in [4.78, 5) is 21.0. The molecule has 0 radical (unpaired) electrons. The van der Waals surface area contributed by atoms with Crippen LogP contribution in [0.2, 0.25) is 0 Å². The maximum Gasteiger partial charge on any atom is 0.434 e. The second-order valence-electron chi connectivity index (χ2n) is 5.95. The fourth-order valence-corrected chi connectivity index (χ4v) is 2.67. The third kappa shape index (κ3) is 3.62. The predicted octanol–water partition coefficient (Wildman–Crippen LogP) is 1.57. The smallest absolute Gasteiger partial charge is 0.434 e. The molecule has 24 heavy (non-hydrogen) atoms. The van der Waals surface area contributed by atoms with E-state index >= 15 is 0 Å². The van der Waals surface area contributed by atoms with Crippen molar-refractivity contribution in [1.82, 2.24) is 14.5 Å². The van der Waals surface area contributed by atoms with Crippen molar-refractivity contribution in [3.8, 4) is 11.8 Å². The van der Waals surface area contributed by atoms with Gasteiger partial charge in [-0.05, 0) is 12.5 Å². The highest BCUT2D eigenvalue weighted by atomic mass is 16.7. The molecule has 0 atom stereocenters. The molecule has 1 aliphatic rings. The first-order valence-electron chi connectivity index (χ1n) is 7.88. The van der Waals surface area contributed by atoms with Crippen molar-refractivity contribution in [1.29, 1.82) is 0 Å². The molecule has 3 rings (SSSR count). The van der Waals surface area contributed by atoms with E-state index < -0.39 is 6.09 Å². The van der Waals surface area contributed by atoms with Crippen molar-refractivity contribution in [2.24, 2.45) is 0 Å². The summed E-state index contributed by atoms with van der Waals surface area (Å²) in [6.45, 7) is 5.47. The summed E-state index contributed by atoms with van der Waals surface area (Å²) in [5.41, 5.74) is 2.49. The zero-order valence-electron chi connectivity index (χ0n) is 13.6. The maximum atomic E-state index is 12.1. The number of benzene rings is 1. The van der Waals surface area contributed by atoms with E-state index in [9.17, 15) is 15.0 Å². The fourth-order valence-electron chi connectivity index (χ4n) is 2.67. The molecule has 0 spiro atoms. The molecule has 1 aliphatic heterocycles. The third-order valence-corrected chi connectivity index (χ3v) is 4.12. The van der Waals surface area contributed by atoms with Gasteiger partial charge in [0, 0.05) is 44.9 Å². The number of carbonyl (C=O) groups is 1. The number of aromatic nitrogens is 1. The van der Waals surface area contributed by atoms with E-state index in [4.69, 9.17) is 4.84 Å². The molecule has 1 aromatic carbocycles. The Balaban J connectivity index is 1.51. The van der Waals surface area contributed by atoms with Crippen LogP contribution in [-0.4, -0.2) is 57.0 Å². The average molecular weight is 331 g/mol. The largest absolute Gasteiger partial charge is 0.492 e. The van der Waals surface area contributed by atoms with Crippen LogP contribution in [0.25, 0.3) is 0 Å². The molecule has 128 valence electrons. The highest BCUT2D eigenvalue weighted by Crippen LogP contribution is 2.19. The summed E-state index contributed by atoms with van der Waals surface area (Å²) < 4.78 is 0.709. The van der Waals surface area contributed by atoms with E-state index in [-0.39, 0.29) is 11.8 Å². The number of hydrogen-bond acceptors (Lipinski definition) is 5. The maximum absolute atomic E-state index is 12.1. The lowest BCUT2D eigenvalue weighted by Gasteiger charge is -2.33. The van der Waals surface area contributed by atoms with Gasteiger partial charge in [-0.15, -0.1) is 4.73 Å². The van der Waals surface area contributed by atoms with Crippen molar-refractivity contribution in [2.75, 3.05) is 26.2 Å². The fraction of sp³-hybridized carbons (Fsp3) is 0.353. The van der Waals surface area contributed by atoms with Crippen LogP contribution in [0.15, 0.2) is 36.4 Å². The topological polar surface area (TPSA) is 78.2 Å². The van der Waals surface area contributed by atoms with Crippen LogP contribution in [0.5, 0.6) is 11.8 Å². The molecular weight excluding hydrogens is 310 g/mol. The van der Waals surface area contributed by atoms with E-state index in [1.165, 1.54) is 23.3 Å². The van der Waals surface area contributed by atoms with Crippen molar-refractivity contribution < 1.29 is 19.8 Å². The van der Waals surface area contributed by atoms with E-state index in [0.717, 1.165) is 19.6 Å². The number of nitrogens with zero attached hydrogens (tertiary/aromatic N) is 3. The Kier molecular flexibility index (Phi) is 4.61. The summed E-state index contributed by atoms with van der Waals surface area (Å²) >= 11 is 0. The number of aromatic hydroxyl groups is 2. The minimum Gasteiger partial charge on any atom is -0.492 e. The monoisotopic (exact) mass is 331 g/mol. The number of piperazine rings is 1. The third-order valence-electron chi connectivity index (χ3n) is 4.12. The molecule has 2 aromatic rings. The van der Waals surface area contributed by atoms with E-state index in [1.807, 2.05) is 0 Å². The Morgan fingerprint density at radius 3 is 2.17 bits per heavy atom. The highest BCUT2D eigenvalue weighted by Gasteiger charge is 2.24. The average Bonchev–Trinajstić information content (AvgIpc) is 2.89. The second kappa shape index (κ2) is 6.84. The van der Waals surface area contributed by atoms with Crippen molar-refractivity contribution in [3.63, 3.8) is 0 Å². The minimum atomic E-state index is -0.591. The predicted molar refractivity (Wildman–Crippen MR) is 87.8 cm³/mol. The zero-order chi connectivity index (χ0) is 17.1. The summed E-state index contributed by atoms with van der Waals surface area (Å²) in [5, 5.41) is 19.0. The lowest BCUT2D eigenvalue weighted by atomic mass is 10.1. The molecule has 2 N–H and O–H groups in total. The Morgan fingerprint density at radius 2 is 1.58 bits per heavy atom. The molecule has 7 heteroatoms. The Bertz CT molecular complexity index is 684. The minimum absolute atomic E-state index is 0.321. The van der Waals surface area contributed by atoms with Gasteiger partial charge in [0.25, 0.3) is 0 Å². The first-order valence-corrected chi connectivity index (χ1v) is 7.88.